The number of amides is 1. The van der Waals surface area contributed by atoms with Crippen molar-refractivity contribution in [1.29, 1.82) is 0 Å². The predicted molar refractivity (Wildman–Crippen MR) is 80.5 cm³/mol. The van der Waals surface area contributed by atoms with Crippen LogP contribution in [0.15, 0.2) is 23.7 Å². The molecule has 0 saturated heterocycles. The van der Waals surface area contributed by atoms with Gasteiger partial charge in [-0.1, -0.05) is 12.8 Å². The van der Waals surface area contributed by atoms with Crippen LogP contribution in [0.4, 0.5) is 0 Å². The molecule has 1 fully saturated rings. The fourth-order valence-electron chi connectivity index (χ4n) is 2.87. The van der Waals surface area contributed by atoms with Gasteiger partial charge in [0, 0.05) is 12.1 Å². The molecule has 5 nitrogen and oxygen atoms in total. The molecule has 1 aliphatic rings. The summed E-state index contributed by atoms with van der Waals surface area (Å²) in [6.07, 6.45) is 3.09. The highest BCUT2D eigenvalue weighted by Crippen LogP contribution is 2.37. The van der Waals surface area contributed by atoms with Crippen LogP contribution >= 0.6 is 11.3 Å². The number of carboxylic acids is 1. The van der Waals surface area contributed by atoms with E-state index in [1.807, 2.05) is 6.07 Å². The van der Waals surface area contributed by atoms with E-state index >= 15 is 0 Å². The van der Waals surface area contributed by atoms with E-state index in [0.717, 1.165) is 23.1 Å². The minimum Gasteiger partial charge on any atom is -0.481 e. The van der Waals surface area contributed by atoms with E-state index in [1.54, 1.807) is 17.6 Å². The van der Waals surface area contributed by atoms with E-state index in [-0.39, 0.29) is 12.5 Å². The molecule has 1 saturated carbocycles. The average molecular weight is 304 g/mol. The van der Waals surface area contributed by atoms with E-state index in [4.69, 9.17) is 0 Å². The second-order valence-electron chi connectivity index (χ2n) is 5.51. The summed E-state index contributed by atoms with van der Waals surface area (Å²) in [4.78, 5) is 27.8. The Morgan fingerprint density at radius 2 is 2.10 bits per heavy atom. The van der Waals surface area contributed by atoms with Crippen molar-refractivity contribution >= 4 is 33.4 Å². The maximum absolute atomic E-state index is 12.2. The minimum absolute atomic E-state index is 0.196. The Labute approximate surface area is 126 Å². The lowest BCUT2D eigenvalue weighted by Gasteiger charge is -2.23. The fourth-order valence-corrected chi connectivity index (χ4v) is 3.58. The summed E-state index contributed by atoms with van der Waals surface area (Å²) in [6.45, 7) is 0.196. The van der Waals surface area contributed by atoms with Gasteiger partial charge in [0.15, 0.2) is 0 Å². The molecule has 0 radical (unpaired) electrons. The van der Waals surface area contributed by atoms with Gasteiger partial charge in [-0.15, -0.1) is 11.3 Å². The molecule has 1 heterocycles. The zero-order valence-electron chi connectivity index (χ0n) is 11.5. The maximum Gasteiger partial charge on any atom is 0.311 e. The minimum atomic E-state index is -0.807. The van der Waals surface area contributed by atoms with Gasteiger partial charge in [-0.05, 0) is 31.0 Å². The summed E-state index contributed by atoms with van der Waals surface area (Å²) in [7, 11) is 0. The van der Waals surface area contributed by atoms with Gasteiger partial charge >= 0.3 is 5.97 Å². The predicted octanol–water partition coefficient (Wildman–Crippen LogP) is 2.67. The molecule has 21 heavy (non-hydrogen) atoms. The highest BCUT2D eigenvalue weighted by molar-refractivity contribution is 7.16. The lowest BCUT2D eigenvalue weighted by atomic mass is 9.86. The van der Waals surface area contributed by atoms with Crippen LogP contribution in [-0.2, 0) is 4.79 Å². The SMILES string of the molecule is O=C(NCC1(C(=O)O)CCCC1)c1ccc2ncsc2c1. The highest BCUT2D eigenvalue weighted by Gasteiger charge is 2.41. The van der Waals surface area contributed by atoms with Gasteiger partial charge in [0.1, 0.15) is 0 Å². The van der Waals surface area contributed by atoms with Gasteiger partial charge < -0.3 is 10.4 Å². The van der Waals surface area contributed by atoms with E-state index in [0.29, 0.717) is 18.4 Å². The fraction of sp³-hybridized carbons (Fsp3) is 0.400. The number of fused-ring (bicyclic) bond motifs is 1. The van der Waals surface area contributed by atoms with Crippen LogP contribution in [0.3, 0.4) is 0 Å². The lowest BCUT2D eigenvalue weighted by molar-refractivity contribution is -0.148. The van der Waals surface area contributed by atoms with Crippen molar-refractivity contribution in [2.75, 3.05) is 6.54 Å². The number of rotatable bonds is 4. The summed E-state index contributed by atoms with van der Waals surface area (Å²) in [5.41, 5.74) is 2.37. The first-order chi connectivity index (χ1) is 10.1. The number of nitrogens with one attached hydrogen (secondary N) is 1. The number of carbonyl (C=O) groups is 2. The number of hydrogen-bond acceptors (Lipinski definition) is 4. The van der Waals surface area contributed by atoms with Crippen molar-refractivity contribution < 1.29 is 14.7 Å². The Hall–Kier alpha value is -1.95. The van der Waals surface area contributed by atoms with Crippen LogP contribution in [0.5, 0.6) is 0 Å². The van der Waals surface area contributed by atoms with Crippen LogP contribution in [0.2, 0.25) is 0 Å². The lowest BCUT2D eigenvalue weighted by Crippen LogP contribution is -2.41. The van der Waals surface area contributed by atoms with E-state index < -0.39 is 11.4 Å². The third-order valence-corrected chi connectivity index (χ3v) is 4.99. The van der Waals surface area contributed by atoms with Crippen molar-refractivity contribution in [2.24, 2.45) is 5.41 Å². The van der Waals surface area contributed by atoms with E-state index in [9.17, 15) is 14.7 Å². The number of aliphatic carboxylic acids is 1. The second kappa shape index (κ2) is 5.44. The third kappa shape index (κ3) is 2.63. The monoisotopic (exact) mass is 304 g/mol. The second-order valence-corrected chi connectivity index (χ2v) is 6.40. The number of hydrogen-bond donors (Lipinski definition) is 2. The summed E-state index contributed by atoms with van der Waals surface area (Å²) < 4.78 is 0.955. The molecule has 0 aliphatic heterocycles. The Bertz CT molecular complexity index is 689. The van der Waals surface area contributed by atoms with Crippen LogP contribution in [-0.4, -0.2) is 28.5 Å². The Morgan fingerprint density at radius 3 is 2.81 bits per heavy atom. The molecule has 0 unspecified atom stereocenters. The molecule has 0 spiro atoms. The molecule has 3 rings (SSSR count). The van der Waals surface area contributed by atoms with Gasteiger partial charge in [0.05, 0.1) is 21.1 Å². The highest BCUT2D eigenvalue weighted by atomic mass is 32.1. The molecule has 0 bridgehead atoms. The molecule has 1 aliphatic carbocycles. The average Bonchev–Trinajstić information content (AvgIpc) is 3.13. The summed E-state index contributed by atoms with van der Waals surface area (Å²) in [5.74, 6) is -1.03. The van der Waals surface area contributed by atoms with Gasteiger partial charge in [0.25, 0.3) is 5.91 Å². The smallest absolute Gasteiger partial charge is 0.311 e. The topological polar surface area (TPSA) is 79.3 Å². The standard InChI is InChI=1S/C15H16N2O3S/c18-13(10-3-4-11-12(7-10)21-9-17-11)16-8-15(14(19)20)5-1-2-6-15/h3-4,7,9H,1-2,5-6,8H2,(H,16,18)(H,19,20). The number of benzene rings is 1. The van der Waals surface area contributed by atoms with Crippen LogP contribution in [0, 0.1) is 5.41 Å². The number of carboxylic acid groups (broad SMARTS) is 1. The van der Waals surface area contributed by atoms with Crippen LogP contribution in [0.1, 0.15) is 36.0 Å². The molecule has 2 N–H and O–H groups in total. The van der Waals surface area contributed by atoms with Crippen molar-refractivity contribution in [2.45, 2.75) is 25.7 Å². The summed E-state index contributed by atoms with van der Waals surface area (Å²) in [5, 5.41) is 12.2. The Kier molecular flexibility index (Phi) is 3.63. The molecule has 1 amide bonds. The Balaban J connectivity index is 1.72. The molecule has 1 aromatic carbocycles. The van der Waals surface area contributed by atoms with Gasteiger partial charge in [0.2, 0.25) is 0 Å². The molecule has 0 atom stereocenters. The molecule has 110 valence electrons. The first kappa shape index (κ1) is 14.0. The van der Waals surface area contributed by atoms with E-state index in [2.05, 4.69) is 10.3 Å². The zero-order valence-corrected chi connectivity index (χ0v) is 12.3. The molecule has 6 heteroatoms. The van der Waals surface area contributed by atoms with Gasteiger partial charge in [-0.25, -0.2) is 4.98 Å². The van der Waals surface area contributed by atoms with Crippen molar-refractivity contribution in [1.82, 2.24) is 10.3 Å². The van der Waals surface area contributed by atoms with Crippen molar-refractivity contribution in [3.63, 3.8) is 0 Å². The number of aromatic nitrogens is 1. The number of nitrogens with zero attached hydrogens (tertiary/aromatic N) is 1. The largest absolute Gasteiger partial charge is 0.481 e. The molecule has 1 aromatic heterocycles. The summed E-state index contributed by atoms with van der Waals surface area (Å²) in [6, 6.07) is 5.33. The van der Waals surface area contributed by atoms with Crippen LogP contribution < -0.4 is 5.32 Å². The molecular formula is C15H16N2O3S. The third-order valence-electron chi connectivity index (χ3n) is 4.20. The van der Waals surface area contributed by atoms with Crippen molar-refractivity contribution in [3.8, 4) is 0 Å². The summed E-state index contributed by atoms with van der Waals surface area (Å²) >= 11 is 1.48. The van der Waals surface area contributed by atoms with Crippen molar-refractivity contribution in [3.05, 3.63) is 29.3 Å². The van der Waals surface area contributed by atoms with E-state index in [1.165, 1.54) is 11.3 Å². The van der Waals surface area contributed by atoms with Gasteiger partial charge in [-0.3, -0.25) is 9.59 Å². The number of thiazole rings is 1. The number of carbonyl (C=O) groups excluding carboxylic acids is 1. The maximum atomic E-state index is 12.2. The van der Waals surface area contributed by atoms with Crippen LogP contribution in [0.25, 0.3) is 10.2 Å². The first-order valence-corrected chi connectivity index (χ1v) is 7.84. The normalized spacial score (nSPS) is 17.0. The van der Waals surface area contributed by atoms with Gasteiger partial charge in [-0.2, -0.15) is 0 Å². The quantitative estimate of drug-likeness (QED) is 0.910. The Morgan fingerprint density at radius 1 is 1.33 bits per heavy atom. The zero-order chi connectivity index (χ0) is 14.9. The first-order valence-electron chi connectivity index (χ1n) is 6.96. The molecular weight excluding hydrogens is 288 g/mol. The molecule has 2 aromatic rings.